The van der Waals surface area contributed by atoms with Crippen molar-refractivity contribution in [3.05, 3.63) is 34.4 Å². The smallest absolute Gasteiger partial charge is 0.330 e. The second-order valence-corrected chi connectivity index (χ2v) is 5.15. The van der Waals surface area contributed by atoms with Crippen molar-refractivity contribution < 1.29 is 27.1 Å². The molecule has 0 spiro atoms. The summed E-state index contributed by atoms with van der Waals surface area (Å²) in [6.45, 7) is 3.58. The van der Waals surface area contributed by atoms with Gasteiger partial charge in [0.05, 0.1) is 0 Å². The van der Waals surface area contributed by atoms with Gasteiger partial charge in [0.25, 0.3) is 0 Å². The van der Waals surface area contributed by atoms with Crippen molar-refractivity contribution in [2.24, 2.45) is 0 Å². The molecule has 1 aromatic carbocycles. The maximum absolute atomic E-state index is 12.6. The van der Waals surface area contributed by atoms with Gasteiger partial charge >= 0.3 is 12.3 Å². The van der Waals surface area contributed by atoms with Gasteiger partial charge in [-0.1, -0.05) is 17.7 Å². The molecule has 0 bridgehead atoms. The number of carbonyl (C=O) groups excluding carboxylic acids is 1. The number of halogens is 4. The molecule has 118 valence electrons. The molecule has 0 aliphatic rings. The van der Waals surface area contributed by atoms with Crippen molar-refractivity contribution in [3.8, 4) is 0 Å². The normalized spacial score (nSPS) is 12.0. The summed E-state index contributed by atoms with van der Waals surface area (Å²) in [5.74, 6) is -4.65. The standard InChI is InChI=1S/C15H18F4O2/c1-9-4-10(2)13(11(3)5-9)6-12(20)7-21-8-15(18,19)14(16)17/h4-5,14H,6-8H2,1-3H3. The largest absolute Gasteiger partial charge is 0.367 e. The summed E-state index contributed by atoms with van der Waals surface area (Å²) in [6.07, 6.45) is -3.76. The number of benzene rings is 1. The highest BCUT2D eigenvalue weighted by Gasteiger charge is 2.41. The second kappa shape index (κ2) is 7.02. The number of carbonyl (C=O) groups is 1. The van der Waals surface area contributed by atoms with E-state index in [1.165, 1.54) is 0 Å². The number of ketones is 1. The summed E-state index contributed by atoms with van der Waals surface area (Å²) in [5.41, 5.74) is 3.74. The van der Waals surface area contributed by atoms with Gasteiger partial charge in [0.15, 0.2) is 5.78 Å². The van der Waals surface area contributed by atoms with Crippen LogP contribution in [0.15, 0.2) is 12.1 Å². The molecule has 0 N–H and O–H groups in total. The van der Waals surface area contributed by atoms with E-state index in [2.05, 4.69) is 4.74 Å². The Kier molecular flexibility index (Phi) is 5.89. The molecule has 2 nitrogen and oxygen atoms in total. The molecule has 21 heavy (non-hydrogen) atoms. The Morgan fingerprint density at radius 1 is 1.19 bits per heavy atom. The highest BCUT2D eigenvalue weighted by molar-refractivity contribution is 5.82. The molecule has 1 rings (SSSR count). The van der Waals surface area contributed by atoms with Crippen molar-refractivity contribution in [1.82, 2.24) is 0 Å². The summed E-state index contributed by atoms with van der Waals surface area (Å²) in [4.78, 5) is 11.7. The van der Waals surface area contributed by atoms with E-state index in [9.17, 15) is 22.4 Å². The minimum absolute atomic E-state index is 0.0399. The average Bonchev–Trinajstić information content (AvgIpc) is 2.33. The maximum atomic E-state index is 12.6. The summed E-state index contributed by atoms with van der Waals surface area (Å²) in [6, 6.07) is 3.84. The average molecular weight is 306 g/mol. The van der Waals surface area contributed by atoms with Crippen LogP contribution in [0.5, 0.6) is 0 Å². The molecule has 0 aromatic heterocycles. The fourth-order valence-corrected chi connectivity index (χ4v) is 2.10. The predicted octanol–water partition coefficient (Wildman–Crippen LogP) is 3.64. The Hall–Kier alpha value is -1.43. The van der Waals surface area contributed by atoms with E-state index in [4.69, 9.17) is 0 Å². The van der Waals surface area contributed by atoms with Crippen LogP contribution in [0.2, 0.25) is 0 Å². The molecule has 0 saturated heterocycles. The van der Waals surface area contributed by atoms with Crippen molar-refractivity contribution in [1.29, 1.82) is 0 Å². The maximum Gasteiger partial charge on any atom is 0.330 e. The molecule has 6 heteroatoms. The topological polar surface area (TPSA) is 26.3 Å². The van der Waals surface area contributed by atoms with Gasteiger partial charge in [0.1, 0.15) is 13.2 Å². The Morgan fingerprint density at radius 2 is 1.71 bits per heavy atom. The van der Waals surface area contributed by atoms with E-state index in [0.717, 1.165) is 22.3 Å². The van der Waals surface area contributed by atoms with Gasteiger partial charge in [-0.2, -0.15) is 8.78 Å². The Labute approximate surface area is 121 Å². The summed E-state index contributed by atoms with van der Waals surface area (Å²) < 4.78 is 53.5. The van der Waals surface area contributed by atoms with E-state index >= 15 is 0 Å². The van der Waals surface area contributed by atoms with Gasteiger partial charge in [-0.05, 0) is 37.5 Å². The first kappa shape index (κ1) is 17.6. The molecule has 0 saturated carbocycles. The fourth-order valence-electron chi connectivity index (χ4n) is 2.10. The molecule has 0 aliphatic carbocycles. The molecule has 0 unspecified atom stereocenters. The third-order valence-electron chi connectivity index (χ3n) is 3.09. The van der Waals surface area contributed by atoms with Crippen molar-refractivity contribution >= 4 is 5.78 Å². The summed E-state index contributed by atoms with van der Waals surface area (Å²) in [7, 11) is 0. The van der Waals surface area contributed by atoms with Gasteiger partial charge < -0.3 is 4.74 Å². The molecule has 0 radical (unpaired) electrons. The van der Waals surface area contributed by atoms with Crippen LogP contribution in [0, 0.1) is 20.8 Å². The third-order valence-corrected chi connectivity index (χ3v) is 3.09. The predicted molar refractivity (Wildman–Crippen MR) is 71.1 cm³/mol. The van der Waals surface area contributed by atoms with Gasteiger partial charge in [0.2, 0.25) is 0 Å². The Balaban J connectivity index is 2.56. The fraction of sp³-hybridized carbons (Fsp3) is 0.533. The molecule has 0 heterocycles. The van der Waals surface area contributed by atoms with E-state index in [0.29, 0.717) is 0 Å². The quantitative estimate of drug-likeness (QED) is 0.719. The van der Waals surface area contributed by atoms with Crippen LogP contribution in [0.1, 0.15) is 22.3 Å². The Morgan fingerprint density at radius 3 is 2.19 bits per heavy atom. The zero-order valence-corrected chi connectivity index (χ0v) is 12.2. The van der Waals surface area contributed by atoms with Crippen LogP contribution in [-0.4, -0.2) is 31.3 Å². The SMILES string of the molecule is Cc1cc(C)c(CC(=O)COCC(F)(F)C(F)F)c(C)c1. The Bertz CT molecular complexity index is 489. The lowest BCUT2D eigenvalue weighted by Crippen LogP contribution is -2.33. The van der Waals surface area contributed by atoms with Crippen molar-refractivity contribution in [2.75, 3.05) is 13.2 Å². The van der Waals surface area contributed by atoms with E-state index in [-0.39, 0.29) is 6.42 Å². The number of Topliss-reactive ketones (excluding diaryl/α,β-unsaturated/α-hetero) is 1. The molecule has 1 aromatic rings. The monoisotopic (exact) mass is 306 g/mol. The van der Waals surface area contributed by atoms with Gasteiger partial charge in [0, 0.05) is 6.42 Å². The van der Waals surface area contributed by atoms with Crippen LogP contribution in [0.25, 0.3) is 0 Å². The number of ether oxygens (including phenoxy) is 1. The number of hydrogen-bond donors (Lipinski definition) is 0. The lowest BCUT2D eigenvalue weighted by Gasteiger charge is -2.15. The molecule has 0 atom stereocenters. The first-order valence-corrected chi connectivity index (χ1v) is 6.45. The number of rotatable bonds is 7. The highest BCUT2D eigenvalue weighted by Crippen LogP contribution is 2.23. The minimum Gasteiger partial charge on any atom is -0.367 e. The summed E-state index contributed by atoms with van der Waals surface area (Å²) >= 11 is 0. The number of hydrogen-bond acceptors (Lipinski definition) is 2. The molecular formula is C15H18F4O2. The van der Waals surface area contributed by atoms with Gasteiger partial charge in [-0.15, -0.1) is 0 Å². The minimum atomic E-state index is -4.23. The molecular weight excluding hydrogens is 288 g/mol. The lowest BCUT2D eigenvalue weighted by molar-refractivity contribution is -0.168. The molecule has 0 fully saturated rings. The van der Waals surface area contributed by atoms with Crippen LogP contribution in [-0.2, 0) is 16.0 Å². The molecule has 0 amide bonds. The van der Waals surface area contributed by atoms with E-state index in [1.807, 2.05) is 32.9 Å². The van der Waals surface area contributed by atoms with E-state index in [1.54, 1.807) is 0 Å². The van der Waals surface area contributed by atoms with E-state index < -0.39 is 31.3 Å². The lowest BCUT2D eigenvalue weighted by atomic mass is 9.96. The van der Waals surface area contributed by atoms with Crippen LogP contribution in [0.4, 0.5) is 17.6 Å². The van der Waals surface area contributed by atoms with Crippen LogP contribution >= 0.6 is 0 Å². The number of alkyl halides is 4. The first-order chi connectivity index (χ1) is 9.63. The van der Waals surface area contributed by atoms with Crippen molar-refractivity contribution in [2.45, 2.75) is 39.5 Å². The highest BCUT2D eigenvalue weighted by atomic mass is 19.3. The summed E-state index contributed by atoms with van der Waals surface area (Å²) in [5, 5.41) is 0. The second-order valence-electron chi connectivity index (χ2n) is 5.15. The van der Waals surface area contributed by atoms with Crippen LogP contribution < -0.4 is 0 Å². The number of aryl methyl sites for hydroxylation is 3. The third kappa shape index (κ3) is 5.12. The molecule has 0 aliphatic heterocycles. The van der Waals surface area contributed by atoms with Gasteiger partial charge in [-0.25, -0.2) is 8.78 Å². The van der Waals surface area contributed by atoms with Crippen LogP contribution in [0.3, 0.4) is 0 Å². The van der Waals surface area contributed by atoms with Gasteiger partial charge in [-0.3, -0.25) is 4.79 Å². The van der Waals surface area contributed by atoms with Crippen molar-refractivity contribution in [3.63, 3.8) is 0 Å². The zero-order chi connectivity index (χ0) is 16.2. The first-order valence-electron chi connectivity index (χ1n) is 6.45. The zero-order valence-electron chi connectivity index (χ0n) is 12.2.